The Morgan fingerprint density at radius 2 is 1.60 bits per heavy atom. The predicted octanol–water partition coefficient (Wildman–Crippen LogP) is 6.03. The molecule has 0 fully saturated rings. The summed E-state index contributed by atoms with van der Waals surface area (Å²) < 4.78 is 1.23. The van der Waals surface area contributed by atoms with Crippen LogP contribution in [0, 0.1) is 5.92 Å². The van der Waals surface area contributed by atoms with Crippen LogP contribution in [0.15, 0.2) is 59.1 Å². The molecule has 0 bridgehead atoms. The summed E-state index contributed by atoms with van der Waals surface area (Å²) in [5.74, 6) is 0.706. The molecule has 2 aromatic rings. The van der Waals surface area contributed by atoms with Crippen LogP contribution in [0.2, 0.25) is 0 Å². The lowest BCUT2D eigenvalue weighted by Crippen LogP contribution is -2.07. The van der Waals surface area contributed by atoms with Crippen molar-refractivity contribution >= 4 is 31.9 Å². The van der Waals surface area contributed by atoms with Crippen molar-refractivity contribution in [3.8, 4) is 0 Å². The first-order valence-electron chi connectivity index (χ1n) is 7.13. The Balaban J connectivity index is 1.82. The van der Waals surface area contributed by atoms with Crippen LogP contribution < -0.4 is 0 Å². The third-order valence-corrected chi connectivity index (χ3v) is 5.29. The Bertz CT molecular complexity index is 508. The van der Waals surface area contributed by atoms with Crippen LogP contribution in [0.1, 0.15) is 24.0 Å². The SMILES string of the molecule is BrCC(CCCc1ccccc1)Cc1ccccc1Br. The average molecular weight is 396 g/mol. The highest BCUT2D eigenvalue weighted by molar-refractivity contribution is 9.10. The van der Waals surface area contributed by atoms with Gasteiger partial charge in [-0.2, -0.15) is 0 Å². The minimum Gasteiger partial charge on any atom is -0.0925 e. The van der Waals surface area contributed by atoms with E-state index >= 15 is 0 Å². The van der Waals surface area contributed by atoms with E-state index in [-0.39, 0.29) is 0 Å². The maximum Gasteiger partial charge on any atom is 0.0207 e. The molecule has 2 aromatic carbocycles. The Morgan fingerprint density at radius 3 is 2.30 bits per heavy atom. The number of benzene rings is 2. The predicted molar refractivity (Wildman–Crippen MR) is 94.5 cm³/mol. The van der Waals surface area contributed by atoms with Crippen LogP contribution in [0.25, 0.3) is 0 Å². The highest BCUT2D eigenvalue weighted by Crippen LogP contribution is 2.23. The molecular formula is C18H20Br2. The van der Waals surface area contributed by atoms with E-state index in [2.05, 4.69) is 86.5 Å². The molecule has 106 valence electrons. The number of halogens is 2. The van der Waals surface area contributed by atoms with Crippen LogP contribution in [-0.4, -0.2) is 5.33 Å². The van der Waals surface area contributed by atoms with Gasteiger partial charge in [0.1, 0.15) is 0 Å². The first kappa shape index (κ1) is 15.8. The molecule has 0 aliphatic carbocycles. The molecule has 0 amide bonds. The molecule has 2 heteroatoms. The van der Waals surface area contributed by atoms with E-state index in [1.165, 1.54) is 34.9 Å². The minimum absolute atomic E-state index is 0.706. The van der Waals surface area contributed by atoms with E-state index in [1.807, 2.05) is 0 Å². The number of rotatable bonds is 7. The molecule has 0 aromatic heterocycles. The maximum absolute atomic E-state index is 3.67. The van der Waals surface area contributed by atoms with Gasteiger partial charge < -0.3 is 0 Å². The van der Waals surface area contributed by atoms with Gasteiger partial charge in [-0.05, 0) is 48.8 Å². The molecule has 0 N–H and O–H groups in total. The van der Waals surface area contributed by atoms with E-state index in [0.717, 1.165) is 11.8 Å². The van der Waals surface area contributed by atoms with Crippen molar-refractivity contribution in [3.63, 3.8) is 0 Å². The molecule has 0 heterocycles. The van der Waals surface area contributed by atoms with Gasteiger partial charge >= 0.3 is 0 Å². The zero-order valence-corrected chi connectivity index (χ0v) is 14.7. The van der Waals surface area contributed by atoms with Crippen LogP contribution in [0.4, 0.5) is 0 Å². The van der Waals surface area contributed by atoms with Crippen molar-refractivity contribution in [1.82, 2.24) is 0 Å². The summed E-state index contributed by atoms with van der Waals surface area (Å²) in [5, 5.41) is 1.07. The molecule has 0 radical (unpaired) electrons. The highest BCUT2D eigenvalue weighted by Gasteiger charge is 2.10. The van der Waals surface area contributed by atoms with Gasteiger partial charge in [-0.25, -0.2) is 0 Å². The molecule has 1 atom stereocenters. The van der Waals surface area contributed by atoms with Crippen LogP contribution in [0.5, 0.6) is 0 Å². The van der Waals surface area contributed by atoms with Crippen molar-refractivity contribution in [2.75, 3.05) is 5.33 Å². The number of hydrogen-bond donors (Lipinski definition) is 0. The zero-order valence-electron chi connectivity index (χ0n) is 11.6. The Hall–Kier alpha value is -0.600. The summed E-state index contributed by atoms with van der Waals surface area (Å²) in [6.07, 6.45) is 4.84. The topological polar surface area (TPSA) is 0 Å². The van der Waals surface area contributed by atoms with Crippen LogP contribution in [0.3, 0.4) is 0 Å². The van der Waals surface area contributed by atoms with E-state index in [4.69, 9.17) is 0 Å². The molecule has 1 unspecified atom stereocenters. The summed E-state index contributed by atoms with van der Waals surface area (Å²) in [6, 6.07) is 19.3. The van der Waals surface area contributed by atoms with E-state index in [9.17, 15) is 0 Å². The second-order valence-corrected chi connectivity index (χ2v) is 6.70. The smallest absolute Gasteiger partial charge is 0.0207 e. The number of alkyl halides is 1. The van der Waals surface area contributed by atoms with Gasteiger partial charge in [0, 0.05) is 9.80 Å². The fourth-order valence-corrected chi connectivity index (χ4v) is 3.45. The molecule has 0 aliphatic heterocycles. The van der Waals surface area contributed by atoms with Gasteiger partial charge in [-0.3, -0.25) is 0 Å². The Morgan fingerprint density at radius 1 is 0.900 bits per heavy atom. The van der Waals surface area contributed by atoms with Crippen molar-refractivity contribution in [2.24, 2.45) is 5.92 Å². The summed E-state index contributed by atoms with van der Waals surface area (Å²) in [4.78, 5) is 0. The quantitative estimate of drug-likeness (QED) is 0.502. The van der Waals surface area contributed by atoms with Gasteiger partial charge in [0.25, 0.3) is 0 Å². The summed E-state index contributed by atoms with van der Waals surface area (Å²) in [5.41, 5.74) is 2.86. The molecular weight excluding hydrogens is 376 g/mol. The van der Waals surface area contributed by atoms with Gasteiger partial charge in [0.2, 0.25) is 0 Å². The van der Waals surface area contributed by atoms with Gasteiger partial charge in [0.15, 0.2) is 0 Å². The summed E-state index contributed by atoms with van der Waals surface area (Å²) >= 11 is 7.31. The number of aryl methyl sites for hydroxylation is 1. The van der Waals surface area contributed by atoms with Crippen molar-refractivity contribution in [2.45, 2.75) is 25.7 Å². The lowest BCUT2D eigenvalue weighted by atomic mass is 9.95. The molecule has 0 saturated carbocycles. The van der Waals surface area contributed by atoms with Crippen molar-refractivity contribution in [1.29, 1.82) is 0 Å². The Labute approximate surface area is 138 Å². The highest BCUT2D eigenvalue weighted by atomic mass is 79.9. The second-order valence-electron chi connectivity index (χ2n) is 5.19. The molecule has 0 spiro atoms. The van der Waals surface area contributed by atoms with Crippen LogP contribution in [-0.2, 0) is 12.8 Å². The van der Waals surface area contributed by atoms with Crippen LogP contribution >= 0.6 is 31.9 Å². The van der Waals surface area contributed by atoms with Crippen molar-refractivity contribution in [3.05, 3.63) is 70.2 Å². The third kappa shape index (κ3) is 5.06. The standard InChI is InChI=1S/C18H20Br2/c19-14-16(13-17-11-4-5-12-18(17)20)10-6-9-15-7-2-1-3-8-15/h1-5,7-8,11-12,16H,6,9-10,13-14H2. The van der Waals surface area contributed by atoms with E-state index < -0.39 is 0 Å². The zero-order chi connectivity index (χ0) is 14.2. The fraction of sp³-hybridized carbons (Fsp3) is 0.333. The monoisotopic (exact) mass is 394 g/mol. The van der Waals surface area contributed by atoms with E-state index in [0.29, 0.717) is 5.92 Å². The molecule has 0 aliphatic rings. The van der Waals surface area contributed by atoms with Gasteiger partial charge in [-0.1, -0.05) is 80.4 Å². The van der Waals surface area contributed by atoms with Gasteiger partial charge in [-0.15, -0.1) is 0 Å². The van der Waals surface area contributed by atoms with Gasteiger partial charge in [0.05, 0.1) is 0 Å². The second kappa shape index (κ2) is 8.63. The summed E-state index contributed by atoms with van der Waals surface area (Å²) in [6.45, 7) is 0. The largest absolute Gasteiger partial charge is 0.0925 e. The normalized spacial score (nSPS) is 12.3. The fourth-order valence-electron chi connectivity index (χ4n) is 2.45. The molecule has 0 saturated heterocycles. The molecule has 0 nitrogen and oxygen atoms in total. The van der Waals surface area contributed by atoms with Crippen molar-refractivity contribution < 1.29 is 0 Å². The lowest BCUT2D eigenvalue weighted by molar-refractivity contribution is 0.518. The molecule has 20 heavy (non-hydrogen) atoms. The maximum atomic E-state index is 3.67. The average Bonchev–Trinajstić information content (AvgIpc) is 2.49. The minimum atomic E-state index is 0.706. The summed E-state index contributed by atoms with van der Waals surface area (Å²) in [7, 11) is 0. The third-order valence-electron chi connectivity index (χ3n) is 3.61. The first-order chi connectivity index (χ1) is 9.79. The van der Waals surface area contributed by atoms with E-state index in [1.54, 1.807) is 0 Å². The lowest BCUT2D eigenvalue weighted by Gasteiger charge is -2.15. The molecule has 2 rings (SSSR count). The first-order valence-corrected chi connectivity index (χ1v) is 9.04. The number of hydrogen-bond acceptors (Lipinski definition) is 0. The Kier molecular flexibility index (Phi) is 6.81.